The van der Waals surface area contributed by atoms with E-state index in [9.17, 15) is 9.18 Å². The Morgan fingerprint density at radius 1 is 1.20 bits per heavy atom. The number of aromatic nitrogens is 1. The third-order valence-corrected chi connectivity index (χ3v) is 3.88. The van der Waals surface area contributed by atoms with Gasteiger partial charge < -0.3 is 4.74 Å². The molecule has 0 N–H and O–H groups in total. The summed E-state index contributed by atoms with van der Waals surface area (Å²) >= 11 is 17.8. The van der Waals surface area contributed by atoms with Crippen LogP contribution in [-0.4, -0.2) is 18.1 Å². The highest BCUT2D eigenvalue weighted by Gasteiger charge is 2.20. The van der Waals surface area contributed by atoms with Gasteiger partial charge in [0, 0.05) is 11.8 Å². The van der Waals surface area contributed by atoms with Gasteiger partial charge in [0.25, 0.3) is 0 Å². The molecule has 0 aliphatic rings. The van der Waals surface area contributed by atoms with E-state index < -0.39 is 11.8 Å². The smallest absolute Gasteiger partial charge is 0.340 e. The number of esters is 1. The molecule has 0 atom stereocenters. The van der Waals surface area contributed by atoms with Crippen molar-refractivity contribution in [2.75, 3.05) is 7.11 Å². The minimum absolute atomic E-state index is 0.0626. The summed E-state index contributed by atoms with van der Waals surface area (Å²) in [6.45, 7) is 0. The highest BCUT2D eigenvalue weighted by molar-refractivity contribution is 6.49. The standard InChI is InChI=1S/C13H7Cl3FNO2/c1-20-13(19)7-4-5-18-12(11(7)17)6-2-3-8(14)10(16)9(6)15/h2-5H,1H3. The van der Waals surface area contributed by atoms with Gasteiger partial charge in [0.2, 0.25) is 0 Å². The molecule has 0 saturated carbocycles. The Balaban J connectivity index is 2.66. The molecule has 0 unspecified atom stereocenters. The molecular weight excluding hydrogens is 328 g/mol. The third kappa shape index (κ3) is 2.59. The second-order valence-corrected chi connectivity index (χ2v) is 4.90. The minimum atomic E-state index is -0.834. The van der Waals surface area contributed by atoms with E-state index in [4.69, 9.17) is 34.8 Å². The number of rotatable bonds is 2. The van der Waals surface area contributed by atoms with Crippen LogP contribution in [0, 0.1) is 5.82 Å². The van der Waals surface area contributed by atoms with Gasteiger partial charge in [0.05, 0.1) is 27.7 Å². The van der Waals surface area contributed by atoms with Gasteiger partial charge in [0.1, 0.15) is 5.69 Å². The van der Waals surface area contributed by atoms with Crippen molar-refractivity contribution in [1.29, 1.82) is 0 Å². The van der Waals surface area contributed by atoms with Gasteiger partial charge in [-0.1, -0.05) is 34.8 Å². The van der Waals surface area contributed by atoms with E-state index in [2.05, 4.69) is 9.72 Å². The molecule has 3 nitrogen and oxygen atoms in total. The first-order valence-electron chi connectivity index (χ1n) is 5.34. The van der Waals surface area contributed by atoms with Crippen molar-refractivity contribution >= 4 is 40.8 Å². The largest absolute Gasteiger partial charge is 0.465 e. The zero-order chi connectivity index (χ0) is 14.9. The summed E-state index contributed by atoms with van der Waals surface area (Å²) in [7, 11) is 1.16. The van der Waals surface area contributed by atoms with Crippen LogP contribution < -0.4 is 0 Å². The fraction of sp³-hybridized carbons (Fsp3) is 0.0769. The predicted octanol–water partition coefficient (Wildman–Crippen LogP) is 4.63. The van der Waals surface area contributed by atoms with E-state index in [0.29, 0.717) is 0 Å². The van der Waals surface area contributed by atoms with Crippen LogP contribution in [0.15, 0.2) is 24.4 Å². The van der Waals surface area contributed by atoms with E-state index in [1.807, 2.05) is 0 Å². The first-order valence-corrected chi connectivity index (χ1v) is 6.47. The molecule has 0 bridgehead atoms. The summed E-state index contributed by atoms with van der Waals surface area (Å²) in [6.07, 6.45) is 1.28. The molecule has 104 valence electrons. The number of carbonyl (C=O) groups excluding carboxylic acids is 1. The SMILES string of the molecule is COC(=O)c1ccnc(-c2ccc(Cl)c(Cl)c2Cl)c1F. The Bertz CT molecular complexity index is 692. The number of halogens is 4. The average Bonchev–Trinajstić information content (AvgIpc) is 2.45. The summed E-state index contributed by atoms with van der Waals surface area (Å²) in [4.78, 5) is 15.3. The van der Waals surface area contributed by atoms with Crippen molar-refractivity contribution in [3.63, 3.8) is 0 Å². The van der Waals surface area contributed by atoms with E-state index in [0.717, 1.165) is 7.11 Å². The lowest BCUT2D eigenvalue weighted by molar-refractivity contribution is 0.0595. The van der Waals surface area contributed by atoms with Crippen molar-refractivity contribution in [2.45, 2.75) is 0 Å². The number of hydrogen-bond donors (Lipinski definition) is 0. The summed E-state index contributed by atoms with van der Waals surface area (Å²) < 4.78 is 18.8. The van der Waals surface area contributed by atoms with Crippen molar-refractivity contribution in [1.82, 2.24) is 4.98 Å². The second-order valence-electron chi connectivity index (χ2n) is 3.74. The first kappa shape index (κ1) is 15.0. The average molecular weight is 335 g/mol. The Hall–Kier alpha value is -1.36. The molecule has 20 heavy (non-hydrogen) atoms. The number of methoxy groups -OCH3 is 1. The van der Waals surface area contributed by atoms with Crippen molar-refractivity contribution in [3.05, 3.63) is 50.8 Å². The van der Waals surface area contributed by atoms with Crippen LogP contribution in [0.1, 0.15) is 10.4 Å². The van der Waals surface area contributed by atoms with Crippen LogP contribution in [0.4, 0.5) is 4.39 Å². The predicted molar refractivity (Wildman–Crippen MR) is 76.0 cm³/mol. The highest BCUT2D eigenvalue weighted by atomic mass is 35.5. The number of hydrogen-bond acceptors (Lipinski definition) is 3. The summed E-state index contributed by atoms with van der Waals surface area (Å²) in [5.74, 6) is -1.64. The number of pyridine rings is 1. The zero-order valence-electron chi connectivity index (χ0n) is 10.1. The molecule has 0 radical (unpaired) electrons. The molecule has 0 aliphatic heterocycles. The Morgan fingerprint density at radius 3 is 2.55 bits per heavy atom. The van der Waals surface area contributed by atoms with E-state index >= 15 is 0 Å². The molecule has 0 spiro atoms. The molecule has 1 heterocycles. The van der Waals surface area contributed by atoms with Crippen LogP contribution in [0.3, 0.4) is 0 Å². The van der Waals surface area contributed by atoms with E-state index in [1.165, 1.54) is 24.4 Å². The number of nitrogens with zero attached hydrogens (tertiary/aromatic N) is 1. The van der Waals surface area contributed by atoms with Crippen LogP contribution >= 0.6 is 34.8 Å². The van der Waals surface area contributed by atoms with Crippen molar-refractivity contribution in [3.8, 4) is 11.3 Å². The van der Waals surface area contributed by atoms with Gasteiger partial charge in [-0.3, -0.25) is 4.98 Å². The monoisotopic (exact) mass is 333 g/mol. The third-order valence-electron chi connectivity index (χ3n) is 2.58. The molecule has 1 aromatic heterocycles. The molecule has 1 aromatic carbocycles. The molecule has 2 aromatic rings. The molecule has 0 aliphatic carbocycles. The van der Waals surface area contributed by atoms with Gasteiger partial charge in [0.15, 0.2) is 5.82 Å². The first-order chi connectivity index (χ1) is 9.47. The fourth-order valence-electron chi connectivity index (χ4n) is 1.61. The Kier molecular flexibility index (Phi) is 4.48. The van der Waals surface area contributed by atoms with Crippen LogP contribution in [0.5, 0.6) is 0 Å². The maximum Gasteiger partial charge on any atom is 0.340 e. The van der Waals surface area contributed by atoms with Crippen LogP contribution in [-0.2, 0) is 4.74 Å². The summed E-state index contributed by atoms with van der Waals surface area (Å²) in [5.41, 5.74) is -0.0968. The maximum atomic E-state index is 14.3. The Morgan fingerprint density at radius 2 is 1.90 bits per heavy atom. The lowest BCUT2D eigenvalue weighted by Gasteiger charge is -2.09. The molecule has 0 fully saturated rings. The normalized spacial score (nSPS) is 10.4. The molecular formula is C13H7Cl3FNO2. The van der Waals surface area contributed by atoms with Gasteiger partial charge >= 0.3 is 5.97 Å². The van der Waals surface area contributed by atoms with E-state index in [-0.39, 0.29) is 31.9 Å². The number of carbonyl (C=O) groups is 1. The topological polar surface area (TPSA) is 39.2 Å². The van der Waals surface area contributed by atoms with Gasteiger partial charge in [-0.15, -0.1) is 0 Å². The van der Waals surface area contributed by atoms with Crippen LogP contribution in [0.2, 0.25) is 15.1 Å². The zero-order valence-corrected chi connectivity index (χ0v) is 12.4. The number of benzene rings is 1. The van der Waals surface area contributed by atoms with Gasteiger partial charge in [-0.2, -0.15) is 0 Å². The fourth-order valence-corrected chi connectivity index (χ4v) is 2.23. The minimum Gasteiger partial charge on any atom is -0.465 e. The molecule has 0 saturated heterocycles. The highest BCUT2D eigenvalue weighted by Crippen LogP contribution is 2.38. The number of ether oxygens (including phenoxy) is 1. The Labute approximate surface area is 129 Å². The summed E-state index contributed by atoms with van der Waals surface area (Å²) in [5, 5.41) is 0.396. The molecule has 0 amide bonds. The quantitative estimate of drug-likeness (QED) is 0.593. The van der Waals surface area contributed by atoms with Gasteiger partial charge in [-0.05, 0) is 18.2 Å². The van der Waals surface area contributed by atoms with Crippen molar-refractivity contribution in [2.24, 2.45) is 0 Å². The van der Waals surface area contributed by atoms with Crippen LogP contribution in [0.25, 0.3) is 11.3 Å². The summed E-state index contributed by atoms with van der Waals surface area (Å²) in [6, 6.07) is 4.16. The van der Waals surface area contributed by atoms with E-state index in [1.54, 1.807) is 0 Å². The van der Waals surface area contributed by atoms with Crippen molar-refractivity contribution < 1.29 is 13.9 Å². The lowest BCUT2D eigenvalue weighted by Crippen LogP contribution is -2.06. The maximum absolute atomic E-state index is 14.3. The lowest BCUT2D eigenvalue weighted by atomic mass is 10.1. The van der Waals surface area contributed by atoms with Gasteiger partial charge in [-0.25, -0.2) is 9.18 Å². The molecule has 7 heteroatoms. The molecule has 2 rings (SSSR count). The second kappa shape index (κ2) is 5.95.